The number of anilines is 3. The molecule has 0 spiro atoms. The van der Waals surface area contributed by atoms with Crippen molar-refractivity contribution in [3.05, 3.63) is 0 Å². The van der Waals surface area contributed by atoms with Crippen LogP contribution in [0.15, 0.2) is 0 Å². The number of aromatic nitrogens is 3. The lowest BCUT2D eigenvalue weighted by molar-refractivity contribution is 0.125. The summed E-state index contributed by atoms with van der Waals surface area (Å²) in [6, 6.07) is 0. The summed E-state index contributed by atoms with van der Waals surface area (Å²) in [5.74, 6) is 3.46. The molecule has 0 radical (unpaired) electrons. The molecule has 2 saturated heterocycles. The van der Waals surface area contributed by atoms with Gasteiger partial charge in [-0.05, 0) is 120 Å². The van der Waals surface area contributed by atoms with E-state index >= 15 is 0 Å². The molecule has 37 heavy (non-hydrogen) atoms. The van der Waals surface area contributed by atoms with E-state index in [1.807, 2.05) is 0 Å². The van der Waals surface area contributed by atoms with E-state index in [-0.39, 0.29) is 22.2 Å². The van der Waals surface area contributed by atoms with Crippen molar-refractivity contribution in [2.45, 2.75) is 130 Å². The molecule has 3 heterocycles. The maximum Gasteiger partial charge on any atom is 0.231 e. The first-order valence-electron chi connectivity index (χ1n) is 14.7. The molecule has 2 aliphatic heterocycles. The predicted molar refractivity (Wildman–Crippen MR) is 158 cm³/mol. The van der Waals surface area contributed by atoms with Crippen molar-refractivity contribution in [3.8, 4) is 0 Å². The molecule has 0 saturated carbocycles. The molecular formula is C29H56N8. The zero-order chi connectivity index (χ0) is 27.5. The van der Waals surface area contributed by atoms with Gasteiger partial charge >= 0.3 is 0 Å². The molecule has 0 aromatic carbocycles. The highest BCUT2D eigenvalue weighted by atomic mass is 15.3. The Bertz CT molecular complexity index is 780. The molecule has 0 bridgehead atoms. The normalized spacial score (nSPS) is 23.0. The third kappa shape index (κ3) is 9.24. The number of piperidine rings is 2. The quantitative estimate of drug-likeness (QED) is 0.309. The van der Waals surface area contributed by atoms with Crippen molar-refractivity contribution >= 4 is 17.8 Å². The number of rotatable bonds is 11. The topological polar surface area (TPSA) is 90.0 Å². The fourth-order valence-electron chi connectivity index (χ4n) is 7.42. The average molecular weight is 517 g/mol. The van der Waals surface area contributed by atoms with Gasteiger partial charge in [0.15, 0.2) is 0 Å². The van der Waals surface area contributed by atoms with Crippen LogP contribution in [0.2, 0.25) is 0 Å². The van der Waals surface area contributed by atoms with Gasteiger partial charge in [0.25, 0.3) is 0 Å². The van der Waals surface area contributed by atoms with Gasteiger partial charge in [0.2, 0.25) is 17.8 Å². The number of nitrogens with zero attached hydrogens (tertiary/aromatic N) is 4. The van der Waals surface area contributed by atoms with Crippen LogP contribution >= 0.6 is 0 Å². The summed E-state index contributed by atoms with van der Waals surface area (Å²) in [7, 11) is 0. The van der Waals surface area contributed by atoms with E-state index in [1.54, 1.807) is 0 Å². The summed E-state index contributed by atoms with van der Waals surface area (Å²) in [5.41, 5.74) is 0.688. The molecule has 212 valence electrons. The Kier molecular flexibility index (Phi) is 9.37. The summed E-state index contributed by atoms with van der Waals surface area (Å²) in [6.45, 7) is 26.3. The van der Waals surface area contributed by atoms with E-state index in [0.717, 1.165) is 45.0 Å². The Morgan fingerprint density at radius 2 is 1.00 bits per heavy atom. The van der Waals surface area contributed by atoms with Gasteiger partial charge in [0, 0.05) is 48.3 Å². The van der Waals surface area contributed by atoms with Gasteiger partial charge < -0.3 is 26.2 Å². The van der Waals surface area contributed by atoms with E-state index in [0.29, 0.717) is 23.7 Å². The number of hydrogen-bond acceptors (Lipinski definition) is 8. The summed E-state index contributed by atoms with van der Waals surface area (Å²) in [4.78, 5) is 16.5. The van der Waals surface area contributed by atoms with Gasteiger partial charge in [0.1, 0.15) is 0 Å². The van der Waals surface area contributed by atoms with Crippen LogP contribution < -0.4 is 26.2 Å². The van der Waals surface area contributed by atoms with E-state index in [1.165, 1.54) is 25.7 Å². The third-order valence-electron chi connectivity index (χ3n) is 7.89. The molecule has 2 fully saturated rings. The molecule has 2 aliphatic rings. The lowest BCUT2D eigenvalue weighted by atomic mass is 9.75. The van der Waals surface area contributed by atoms with Crippen LogP contribution in [0.1, 0.15) is 108 Å². The molecule has 0 atom stereocenters. The smallest absolute Gasteiger partial charge is 0.231 e. The molecular weight excluding hydrogens is 460 g/mol. The molecule has 8 nitrogen and oxygen atoms in total. The zero-order valence-electron chi connectivity index (χ0n) is 25.5. The minimum Gasteiger partial charge on any atom is -0.354 e. The molecule has 1 aromatic heterocycles. The van der Waals surface area contributed by atoms with Crippen molar-refractivity contribution in [2.75, 3.05) is 41.7 Å². The van der Waals surface area contributed by atoms with Gasteiger partial charge in [0.05, 0.1) is 0 Å². The second kappa shape index (κ2) is 11.6. The van der Waals surface area contributed by atoms with E-state index in [9.17, 15) is 0 Å². The van der Waals surface area contributed by atoms with Crippen LogP contribution in [-0.4, -0.2) is 63.3 Å². The highest BCUT2D eigenvalue weighted by molar-refractivity contribution is 5.43. The first-order chi connectivity index (χ1) is 17.1. The Morgan fingerprint density at radius 1 is 0.649 bits per heavy atom. The standard InChI is InChI=1S/C29H56N8/c1-11-37(12-2)25-33-23(30-15-13-21-17-26(3,4)35-27(5,6)18-21)32-24(34-25)31-16-14-22-19-28(7,8)36-29(9,10)20-22/h21-22,35-36H,11-20H2,1-10H3,(H2,30,31,32,33,34). The lowest BCUT2D eigenvalue weighted by Gasteiger charge is -2.46. The van der Waals surface area contributed by atoms with Crippen molar-refractivity contribution in [1.82, 2.24) is 25.6 Å². The van der Waals surface area contributed by atoms with Gasteiger partial charge in [-0.25, -0.2) is 0 Å². The SMILES string of the molecule is CCN(CC)c1nc(NCCC2CC(C)(C)NC(C)(C)C2)nc(NCCC2CC(C)(C)NC(C)(C)C2)n1. The second-order valence-corrected chi connectivity index (χ2v) is 14.2. The maximum absolute atomic E-state index is 4.78. The second-order valence-electron chi connectivity index (χ2n) is 14.2. The van der Waals surface area contributed by atoms with E-state index in [2.05, 4.69) is 95.4 Å². The highest BCUT2D eigenvalue weighted by Crippen LogP contribution is 2.35. The molecule has 0 aliphatic carbocycles. The number of nitrogens with one attached hydrogen (secondary N) is 4. The maximum atomic E-state index is 4.78. The molecule has 1 aromatic rings. The van der Waals surface area contributed by atoms with Gasteiger partial charge in [-0.3, -0.25) is 0 Å². The van der Waals surface area contributed by atoms with Crippen LogP contribution in [0, 0.1) is 11.8 Å². The average Bonchev–Trinajstić information content (AvgIpc) is 2.70. The fraction of sp³-hybridized carbons (Fsp3) is 0.897. The van der Waals surface area contributed by atoms with Gasteiger partial charge in [-0.15, -0.1) is 0 Å². The summed E-state index contributed by atoms with van der Waals surface area (Å²) in [5, 5.41) is 14.7. The van der Waals surface area contributed by atoms with E-state index < -0.39 is 0 Å². The van der Waals surface area contributed by atoms with E-state index in [4.69, 9.17) is 15.0 Å². The van der Waals surface area contributed by atoms with Crippen molar-refractivity contribution in [3.63, 3.8) is 0 Å². The monoisotopic (exact) mass is 516 g/mol. The van der Waals surface area contributed by atoms with Crippen LogP contribution in [0.3, 0.4) is 0 Å². The molecule has 8 heteroatoms. The van der Waals surface area contributed by atoms with Gasteiger partial charge in [-0.2, -0.15) is 15.0 Å². The van der Waals surface area contributed by atoms with Crippen molar-refractivity contribution < 1.29 is 0 Å². The molecule has 0 amide bonds. The lowest BCUT2D eigenvalue weighted by Crippen LogP contribution is -2.57. The Morgan fingerprint density at radius 3 is 1.32 bits per heavy atom. The Balaban J connectivity index is 1.62. The molecule has 0 unspecified atom stereocenters. The van der Waals surface area contributed by atoms with Gasteiger partial charge in [-0.1, -0.05) is 0 Å². The number of hydrogen-bond donors (Lipinski definition) is 4. The molecule has 3 rings (SSSR count). The van der Waals surface area contributed by atoms with Crippen molar-refractivity contribution in [1.29, 1.82) is 0 Å². The Hall–Kier alpha value is -1.67. The summed E-state index contributed by atoms with van der Waals surface area (Å²) in [6.07, 6.45) is 7.00. The van der Waals surface area contributed by atoms with Crippen LogP contribution in [-0.2, 0) is 0 Å². The first-order valence-corrected chi connectivity index (χ1v) is 14.7. The highest BCUT2D eigenvalue weighted by Gasteiger charge is 2.38. The van der Waals surface area contributed by atoms with Crippen LogP contribution in [0.25, 0.3) is 0 Å². The summed E-state index contributed by atoms with van der Waals surface area (Å²) >= 11 is 0. The largest absolute Gasteiger partial charge is 0.354 e. The molecule has 4 N–H and O–H groups in total. The van der Waals surface area contributed by atoms with Crippen LogP contribution in [0.5, 0.6) is 0 Å². The van der Waals surface area contributed by atoms with Crippen molar-refractivity contribution in [2.24, 2.45) is 11.8 Å². The first kappa shape index (κ1) is 29.9. The minimum absolute atomic E-state index is 0.172. The third-order valence-corrected chi connectivity index (χ3v) is 7.89. The zero-order valence-corrected chi connectivity index (χ0v) is 25.5. The van der Waals surface area contributed by atoms with Crippen LogP contribution in [0.4, 0.5) is 17.8 Å². The Labute approximate surface area is 227 Å². The predicted octanol–water partition coefficient (Wildman–Crippen LogP) is 5.44. The summed E-state index contributed by atoms with van der Waals surface area (Å²) < 4.78 is 0. The minimum atomic E-state index is 0.172. The fourth-order valence-corrected chi connectivity index (χ4v) is 7.42.